The maximum Gasteiger partial charge on any atom is 0.158 e. The van der Waals surface area contributed by atoms with Gasteiger partial charge < -0.3 is 9.64 Å². The molecule has 0 atom stereocenters. The van der Waals surface area contributed by atoms with E-state index in [0.717, 1.165) is 46.4 Å². The highest BCUT2D eigenvalue weighted by molar-refractivity contribution is 7.89. The molecular weight excluding hydrogens is 454 g/mol. The van der Waals surface area contributed by atoms with Crippen LogP contribution in [-0.4, -0.2) is 38.5 Å². The first kappa shape index (κ1) is 16.9. The van der Waals surface area contributed by atoms with Crippen molar-refractivity contribution in [3.63, 3.8) is 0 Å². The van der Waals surface area contributed by atoms with Crippen LogP contribution in [0.2, 0.25) is 0 Å². The highest BCUT2D eigenvalue weighted by Gasteiger charge is 2.39. The van der Waals surface area contributed by atoms with Gasteiger partial charge in [-0.2, -0.15) is 0 Å². The molecule has 5 rings (SSSR count). The molecule has 0 aliphatic carbocycles. The Labute approximate surface area is 219 Å². The number of likely N-dealkylation sites (tertiary alicyclic amines) is 1. The Balaban J connectivity index is 1.22. The number of aryl methyl sites for hydroxylation is 1. The Morgan fingerprint density at radius 1 is 0.914 bits per heavy atom. The molecule has 0 radical (unpaired) electrons. The molecule has 2 aliphatic heterocycles. The Morgan fingerprint density at radius 3 is 2.31 bits per heavy atom. The van der Waals surface area contributed by atoms with E-state index < -0.39 is 35.2 Å². The number of ether oxygens (including phenoxy) is 1. The number of hydrogen-bond donors (Lipinski definition) is 0. The van der Waals surface area contributed by atoms with Gasteiger partial charge in [-0.25, -0.2) is 8.42 Å². The topological polar surface area (TPSA) is 46.6 Å². The molecule has 0 N–H and O–H groups in total. The summed E-state index contributed by atoms with van der Waals surface area (Å²) in [5.74, 6) is 0.745. The zero-order valence-electron chi connectivity index (χ0n) is 26.7. The molecule has 184 valence electrons. The summed E-state index contributed by atoms with van der Waals surface area (Å²) in [5, 5.41) is 0. The van der Waals surface area contributed by atoms with Crippen LogP contribution in [0.5, 0.6) is 5.75 Å². The van der Waals surface area contributed by atoms with Crippen molar-refractivity contribution in [2.75, 3.05) is 19.6 Å². The van der Waals surface area contributed by atoms with E-state index in [4.69, 9.17) is 14.3 Å². The zero-order chi connectivity index (χ0) is 30.4. The van der Waals surface area contributed by atoms with Gasteiger partial charge in [-0.3, -0.25) is 0 Å². The molecule has 35 heavy (non-hydrogen) atoms. The van der Waals surface area contributed by atoms with Gasteiger partial charge in [0.25, 0.3) is 0 Å². The highest BCUT2D eigenvalue weighted by Crippen LogP contribution is 2.40. The molecular formula is C30H35NO3S. The number of piperidine rings is 1. The fourth-order valence-electron chi connectivity index (χ4n) is 5.08. The smallest absolute Gasteiger partial charge is 0.158 e. The highest BCUT2D eigenvalue weighted by atomic mass is 32.2. The third-order valence-corrected chi connectivity index (χ3v) is 8.58. The van der Waals surface area contributed by atoms with Gasteiger partial charge in [0.2, 0.25) is 0 Å². The monoisotopic (exact) mass is 496 g/mol. The van der Waals surface area contributed by atoms with Crippen molar-refractivity contribution in [2.45, 2.75) is 56.0 Å². The molecule has 5 heteroatoms. The maximum absolute atomic E-state index is 12.7. The predicted molar refractivity (Wildman–Crippen MR) is 142 cm³/mol. The van der Waals surface area contributed by atoms with E-state index in [9.17, 15) is 8.42 Å². The molecule has 2 heterocycles. The summed E-state index contributed by atoms with van der Waals surface area (Å²) < 4.78 is 86.8. The average Bonchev–Trinajstić information content (AvgIpc) is 2.93. The van der Waals surface area contributed by atoms with Crippen molar-refractivity contribution in [3.05, 3.63) is 89.5 Å². The van der Waals surface area contributed by atoms with Crippen molar-refractivity contribution in [2.24, 2.45) is 0 Å². The molecule has 2 aliphatic rings. The second-order valence-corrected chi connectivity index (χ2v) is 11.6. The second kappa shape index (κ2) is 10.2. The van der Waals surface area contributed by atoms with Crippen LogP contribution >= 0.6 is 0 Å². The number of rotatable bonds is 7. The molecule has 1 fully saturated rings. The molecule has 1 spiro atoms. The number of benzene rings is 3. The quantitative estimate of drug-likeness (QED) is 0.400. The van der Waals surface area contributed by atoms with Crippen molar-refractivity contribution < 1.29 is 22.7 Å². The predicted octanol–water partition coefficient (Wildman–Crippen LogP) is 6.04. The van der Waals surface area contributed by atoms with Crippen LogP contribution < -0.4 is 4.74 Å². The summed E-state index contributed by atoms with van der Waals surface area (Å²) in [6.07, 6.45) is -0.568. The summed E-state index contributed by atoms with van der Waals surface area (Å²) in [6, 6.07) is 22.7. The summed E-state index contributed by atoms with van der Waals surface area (Å²) in [4.78, 5) is 1.29. The second-order valence-electron chi connectivity index (χ2n) is 9.55. The van der Waals surface area contributed by atoms with Gasteiger partial charge in [0.05, 0.1) is 11.5 Å². The Hall–Kier alpha value is -2.63. The van der Waals surface area contributed by atoms with E-state index in [1.165, 1.54) is 4.90 Å². The Morgan fingerprint density at radius 2 is 1.60 bits per heavy atom. The van der Waals surface area contributed by atoms with E-state index in [0.29, 0.717) is 12.8 Å². The third-order valence-electron chi connectivity index (χ3n) is 7.03. The largest absolute Gasteiger partial charge is 0.487 e. The molecule has 0 amide bonds. The fourth-order valence-corrected chi connectivity index (χ4v) is 6.59. The molecule has 0 saturated carbocycles. The molecule has 0 unspecified atom stereocenters. The standard InChI is InChI=1S/C30H35NO3S/c1-2-18-31-19-16-30(17-20-31)15-14-28-21-27(12-13-29(28)34-30)26-10-8-25(9-11-26)23-35(32,33)22-24-6-4-3-5-7-24/h3-13,21H,2,14-20,22-23H2,1H3/i1D3,2D2,18D2. The van der Waals surface area contributed by atoms with E-state index in [1.807, 2.05) is 66.7 Å². The molecule has 4 nitrogen and oxygen atoms in total. The maximum atomic E-state index is 12.7. The van der Waals surface area contributed by atoms with Crippen molar-refractivity contribution in [3.8, 4) is 16.9 Å². The van der Waals surface area contributed by atoms with Crippen LogP contribution in [0.3, 0.4) is 0 Å². The number of nitrogens with zero attached hydrogens (tertiary/aromatic N) is 1. The van der Waals surface area contributed by atoms with Gasteiger partial charge in [0.15, 0.2) is 9.84 Å². The lowest BCUT2D eigenvalue weighted by Gasteiger charge is -2.44. The van der Waals surface area contributed by atoms with Gasteiger partial charge in [0.1, 0.15) is 11.4 Å². The van der Waals surface area contributed by atoms with E-state index in [1.54, 1.807) is 0 Å². The molecule has 3 aromatic rings. The first-order chi connectivity index (χ1) is 19.6. The summed E-state index contributed by atoms with van der Waals surface area (Å²) in [7, 11) is -3.30. The zero-order valence-corrected chi connectivity index (χ0v) is 20.5. The SMILES string of the molecule is [2H]C([2H])([2H])C([2H])([2H])C([2H])([2H])N1CCC2(CCc3cc(-c4ccc(CS(=O)(=O)Cc5ccccc5)cc4)ccc3O2)CC1. The molecule has 1 saturated heterocycles. The van der Waals surface area contributed by atoms with Crippen molar-refractivity contribution >= 4 is 9.84 Å². The summed E-state index contributed by atoms with van der Waals surface area (Å²) in [5.41, 5.74) is 4.04. The molecule has 0 bridgehead atoms. The van der Waals surface area contributed by atoms with E-state index in [2.05, 4.69) is 6.07 Å². The average molecular weight is 497 g/mol. The van der Waals surface area contributed by atoms with Crippen LogP contribution in [-0.2, 0) is 27.8 Å². The van der Waals surface area contributed by atoms with Crippen LogP contribution in [0, 0.1) is 0 Å². The normalized spacial score (nSPS) is 21.8. The Kier molecular flexibility index (Phi) is 4.92. The minimum absolute atomic E-state index is 0.00446. The number of fused-ring (bicyclic) bond motifs is 1. The van der Waals surface area contributed by atoms with Gasteiger partial charge in [0, 0.05) is 22.7 Å². The van der Waals surface area contributed by atoms with Crippen molar-refractivity contribution in [1.29, 1.82) is 0 Å². The van der Waals surface area contributed by atoms with Gasteiger partial charge in [-0.05, 0) is 78.5 Å². The minimum atomic E-state index is -3.30. The van der Waals surface area contributed by atoms with Gasteiger partial charge in [-0.15, -0.1) is 0 Å². The molecule has 3 aromatic carbocycles. The van der Waals surface area contributed by atoms with Crippen LogP contribution in [0.1, 0.15) is 58.8 Å². The van der Waals surface area contributed by atoms with Crippen LogP contribution in [0.25, 0.3) is 11.1 Å². The first-order valence-corrected chi connectivity index (χ1v) is 13.8. The van der Waals surface area contributed by atoms with Crippen LogP contribution in [0.4, 0.5) is 0 Å². The van der Waals surface area contributed by atoms with E-state index >= 15 is 0 Å². The lowest BCUT2D eigenvalue weighted by molar-refractivity contribution is -0.0143. The van der Waals surface area contributed by atoms with Gasteiger partial charge >= 0.3 is 0 Å². The van der Waals surface area contributed by atoms with Crippen LogP contribution in [0.15, 0.2) is 72.8 Å². The van der Waals surface area contributed by atoms with Gasteiger partial charge in [-0.1, -0.05) is 67.5 Å². The lowest BCUT2D eigenvalue weighted by atomic mass is 9.82. The number of sulfone groups is 1. The fraction of sp³-hybridized carbons (Fsp3) is 0.400. The summed E-state index contributed by atoms with van der Waals surface area (Å²) >= 11 is 0. The van der Waals surface area contributed by atoms with E-state index in [-0.39, 0.29) is 24.6 Å². The Bertz CT molecular complexity index is 1520. The number of hydrogen-bond acceptors (Lipinski definition) is 4. The first-order valence-electron chi connectivity index (χ1n) is 15.5. The lowest BCUT2D eigenvalue weighted by Crippen LogP contribution is -2.49. The van der Waals surface area contributed by atoms with Crippen molar-refractivity contribution in [1.82, 2.24) is 4.90 Å². The minimum Gasteiger partial charge on any atom is -0.487 e. The third kappa shape index (κ3) is 5.79. The molecule has 0 aromatic heterocycles. The summed E-state index contributed by atoms with van der Waals surface area (Å²) in [6.45, 7) is -5.32.